The number of nitrogens with zero attached hydrogens (tertiary/aromatic N) is 1. The van der Waals surface area contributed by atoms with E-state index in [9.17, 15) is 10.1 Å². The Hall–Kier alpha value is -2.36. The van der Waals surface area contributed by atoms with E-state index in [4.69, 9.17) is 0 Å². The average Bonchev–Trinajstić information content (AvgIpc) is 2.44. The molecule has 0 spiro atoms. The summed E-state index contributed by atoms with van der Waals surface area (Å²) >= 11 is 0. The lowest BCUT2D eigenvalue weighted by molar-refractivity contribution is -0.384. The number of nitrogens with one attached hydrogen (secondary N) is 1. The molecule has 0 aromatic heterocycles. The number of hydrogen-bond acceptors (Lipinski definition) is 3. The zero-order chi connectivity index (χ0) is 14.8. The summed E-state index contributed by atoms with van der Waals surface area (Å²) in [5, 5.41) is 14.1. The third-order valence-corrected chi connectivity index (χ3v) is 4.22. The van der Waals surface area contributed by atoms with Crippen LogP contribution in [0.15, 0.2) is 48.5 Å². The van der Waals surface area contributed by atoms with Gasteiger partial charge in [-0.1, -0.05) is 24.3 Å². The first-order valence-electron chi connectivity index (χ1n) is 7.20. The van der Waals surface area contributed by atoms with Crippen molar-refractivity contribution < 1.29 is 4.92 Å². The maximum absolute atomic E-state index is 10.6. The van der Waals surface area contributed by atoms with Gasteiger partial charge in [0.15, 0.2) is 0 Å². The van der Waals surface area contributed by atoms with Gasteiger partial charge in [0.1, 0.15) is 0 Å². The van der Waals surface area contributed by atoms with E-state index < -0.39 is 0 Å². The van der Waals surface area contributed by atoms with Crippen molar-refractivity contribution in [3.8, 4) is 0 Å². The quantitative estimate of drug-likeness (QED) is 0.673. The number of hydrogen-bond donors (Lipinski definition) is 1. The Morgan fingerprint density at radius 3 is 2.38 bits per heavy atom. The number of benzene rings is 2. The van der Waals surface area contributed by atoms with E-state index in [-0.39, 0.29) is 10.6 Å². The van der Waals surface area contributed by atoms with Crippen LogP contribution in [-0.4, -0.2) is 11.0 Å². The van der Waals surface area contributed by atoms with Crippen LogP contribution in [0.25, 0.3) is 0 Å². The smallest absolute Gasteiger partial charge is 0.269 e. The molecule has 1 fully saturated rings. The van der Waals surface area contributed by atoms with Gasteiger partial charge in [-0.15, -0.1) is 0 Å². The predicted molar refractivity (Wildman–Crippen MR) is 83.7 cm³/mol. The Morgan fingerprint density at radius 2 is 1.76 bits per heavy atom. The molecule has 0 heterocycles. The van der Waals surface area contributed by atoms with Gasteiger partial charge in [0.2, 0.25) is 0 Å². The second-order valence-corrected chi connectivity index (χ2v) is 5.67. The molecule has 0 saturated heterocycles. The van der Waals surface area contributed by atoms with Crippen LogP contribution in [0.4, 0.5) is 11.4 Å². The van der Waals surface area contributed by atoms with Crippen LogP contribution < -0.4 is 5.32 Å². The Balaban J connectivity index is 1.57. The summed E-state index contributed by atoms with van der Waals surface area (Å²) in [6, 6.07) is 15.6. The first-order valence-corrected chi connectivity index (χ1v) is 7.20. The zero-order valence-electron chi connectivity index (χ0n) is 12.0. The highest BCUT2D eigenvalue weighted by Crippen LogP contribution is 2.39. The molecule has 1 saturated carbocycles. The Morgan fingerprint density at radius 1 is 1.10 bits per heavy atom. The monoisotopic (exact) mass is 282 g/mol. The summed E-state index contributed by atoms with van der Waals surface area (Å²) < 4.78 is 0. The molecule has 1 aliphatic carbocycles. The van der Waals surface area contributed by atoms with E-state index in [1.165, 1.54) is 11.1 Å². The summed E-state index contributed by atoms with van der Waals surface area (Å²) in [5.41, 5.74) is 3.89. The van der Waals surface area contributed by atoms with Crippen LogP contribution in [0.2, 0.25) is 0 Å². The lowest BCUT2D eigenvalue weighted by Gasteiger charge is -2.37. The van der Waals surface area contributed by atoms with Crippen molar-refractivity contribution in [1.82, 2.24) is 0 Å². The summed E-state index contributed by atoms with van der Waals surface area (Å²) in [5.74, 6) is 0.627. The van der Waals surface area contributed by atoms with E-state index in [0.717, 1.165) is 18.5 Å². The van der Waals surface area contributed by atoms with Crippen molar-refractivity contribution in [2.75, 3.05) is 5.32 Å². The molecule has 0 amide bonds. The molecular weight excluding hydrogens is 264 g/mol. The number of nitro groups is 1. The molecule has 0 aliphatic heterocycles. The molecule has 2 aromatic carbocycles. The molecule has 0 radical (unpaired) electrons. The molecule has 21 heavy (non-hydrogen) atoms. The largest absolute Gasteiger partial charge is 0.382 e. The maximum atomic E-state index is 10.6. The third kappa shape index (κ3) is 2.89. The first kappa shape index (κ1) is 13.6. The Labute approximate surface area is 124 Å². The number of rotatable bonds is 4. The van der Waals surface area contributed by atoms with Crippen LogP contribution in [-0.2, 0) is 0 Å². The molecule has 1 aliphatic rings. The van der Waals surface area contributed by atoms with E-state index in [1.54, 1.807) is 24.3 Å². The summed E-state index contributed by atoms with van der Waals surface area (Å²) in [7, 11) is 0. The van der Waals surface area contributed by atoms with Crippen LogP contribution in [0, 0.1) is 17.0 Å². The topological polar surface area (TPSA) is 55.2 Å². The van der Waals surface area contributed by atoms with Crippen molar-refractivity contribution in [2.45, 2.75) is 31.7 Å². The van der Waals surface area contributed by atoms with E-state index in [2.05, 4.69) is 36.5 Å². The SMILES string of the molecule is Cc1ccccc1C1CC(Nc2ccc([N+](=O)[O-])cc2)C1. The Kier molecular flexibility index (Phi) is 3.60. The minimum absolute atomic E-state index is 0.131. The van der Waals surface area contributed by atoms with Gasteiger partial charge in [-0.3, -0.25) is 10.1 Å². The number of nitro benzene ring substituents is 1. The van der Waals surface area contributed by atoms with Gasteiger partial charge in [-0.05, 0) is 48.9 Å². The van der Waals surface area contributed by atoms with Gasteiger partial charge < -0.3 is 5.32 Å². The lowest BCUT2D eigenvalue weighted by Crippen LogP contribution is -2.34. The third-order valence-electron chi connectivity index (χ3n) is 4.22. The highest BCUT2D eigenvalue weighted by Gasteiger charge is 2.30. The number of non-ortho nitro benzene ring substituents is 1. The van der Waals surface area contributed by atoms with Crippen LogP contribution >= 0.6 is 0 Å². The summed E-state index contributed by atoms with van der Waals surface area (Å²) in [6.45, 7) is 2.16. The van der Waals surface area contributed by atoms with Gasteiger partial charge in [0.05, 0.1) is 4.92 Å². The van der Waals surface area contributed by atoms with Crippen LogP contribution in [0.3, 0.4) is 0 Å². The van der Waals surface area contributed by atoms with Crippen molar-refractivity contribution in [1.29, 1.82) is 0 Å². The summed E-state index contributed by atoms with van der Waals surface area (Å²) in [6.07, 6.45) is 2.23. The fraction of sp³-hybridized carbons (Fsp3) is 0.294. The normalized spacial score (nSPS) is 20.6. The Bertz CT molecular complexity index is 646. The molecule has 1 N–H and O–H groups in total. The van der Waals surface area contributed by atoms with E-state index in [1.807, 2.05) is 0 Å². The highest BCUT2D eigenvalue weighted by molar-refractivity contribution is 5.50. The molecule has 0 unspecified atom stereocenters. The first-order chi connectivity index (χ1) is 10.1. The minimum atomic E-state index is -0.374. The van der Waals surface area contributed by atoms with E-state index in [0.29, 0.717) is 12.0 Å². The van der Waals surface area contributed by atoms with Crippen LogP contribution in [0.5, 0.6) is 0 Å². The second kappa shape index (κ2) is 5.56. The minimum Gasteiger partial charge on any atom is -0.382 e. The fourth-order valence-electron chi connectivity index (χ4n) is 2.95. The van der Waals surface area contributed by atoms with Crippen molar-refractivity contribution in [3.05, 3.63) is 69.8 Å². The molecule has 3 rings (SSSR count). The highest BCUT2D eigenvalue weighted by atomic mass is 16.6. The van der Waals surface area contributed by atoms with Gasteiger partial charge in [0, 0.05) is 23.9 Å². The molecule has 0 bridgehead atoms. The lowest BCUT2D eigenvalue weighted by atomic mass is 9.74. The summed E-state index contributed by atoms with van der Waals surface area (Å²) in [4.78, 5) is 10.2. The van der Waals surface area contributed by atoms with E-state index >= 15 is 0 Å². The van der Waals surface area contributed by atoms with Crippen molar-refractivity contribution in [3.63, 3.8) is 0 Å². The molecule has 4 nitrogen and oxygen atoms in total. The fourth-order valence-corrected chi connectivity index (χ4v) is 2.95. The molecule has 2 aromatic rings. The molecular formula is C17H18N2O2. The number of aryl methyl sites for hydroxylation is 1. The average molecular weight is 282 g/mol. The van der Waals surface area contributed by atoms with Gasteiger partial charge in [0.25, 0.3) is 5.69 Å². The van der Waals surface area contributed by atoms with Gasteiger partial charge in [-0.25, -0.2) is 0 Å². The van der Waals surface area contributed by atoms with Crippen molar-refractivity contribution >= 4 is 11.4 Å². The molecule has 4 heteroatoms. The maximum Gasteiger partial charge on any atom is 0.269 e. The van der Waals surface area contributed by atoms with Gasteiger partial charge in [-0.2, -0.15) is 0 Å². The predicted octanol–water partition coefficient (Wildman–Crippen LogP) is 4.26. The standard InChI is InChI=1S/C17H18N2O2/c1-12-4-2-3-5-17(12)13-10-15(11-13)18-14-6-8-16(9-7-14)19(20)21/h2-9,13,15,18H,10-11H2,1H3. The molecule has 0 atom stereocenters. The van der Waals surface area contributed by atoms with Crippen molar-refractivity contribution in [2.24, 2.45) is 0 Å². The number of anilines is 1. The van der Waals surface area contributed by atoms with Crippen LogP contribution in [0.1, 0.15) is 29.9 Å². The van der Waals surface area contributed by atoms with Gasteiger partial charge >= 0.3 is 0 Å². The second-order valence-electron chi connectivity index (χ2n) is 5.67. The zero-order valence-corrected chi connectivity index (χ0v) is 12.0. The molecule has 108 valence electrons.